The highest BCUT2D eigenvalue weighted by Crippen LogP contribution is 2.46. The molecule has 0 fully saturated rings. The van der Waals surface area contributed by atoms with E-state index in [9.17, 15) is 15.0 Å². The van der Waals surface area contributed by atoms with Crippen LogP contribution in [0, 0.1) is 0 Å². The molecule has 0 bridgehead atoms. The number of halogens is 2. The minimum absolute atomic E-state index is 0.0259. The molecule has 2 aliphatic heterocycles. The lowest BCUT2D eigenvalue weighted by molar-refractivity contribution is -0.114. The van der Waals surface area contributed by atoms with E-state index in [2.05, 4.69) is 5.10 Å². The minimum Gasteiger partial charge on any atom is -0.507 e. The zero-order valence-electron chi connectivity index (χ0n) is 23.1. The predicted molar refractivity (Wildman–Crippen MR) is 171 cm³/mol. The van der Waals surface area contributed by atoms with Crippen LogP contribution in [0.15, 0.2) is 119 Å². The molecule has 3 heterocycles. The van der Waals surface area contributed by atoms with E-state index in [1.165, 1.54) is 15.8 Å². The molecule has 0 atom stereocenters. The number of hydrazone groups is 1. The van der Waals surface area contributed by atoms with Crippen molar-refractivity contribution in [3.8, 4) is 34.3 Å². The van der Waals surface area contributed by atoms with Crippen molar-refractivity contribution in [2.75, 3.05) is 5.01 Å². The zero-order valence-corrected chi connectivity index (χ0v) is 24.6. The first kappa shape index (κ1) is 27.5. The fourth-order valence-electron chi connectivity index (χ4n) is 5.26. The van der Waals surface area contributed by atoms with E-state index in [0.29, 0.717) is 55.1 Å². The Balaban J connectivity index is 1.41. The molecule has 1 amide bonds. The smallest absolute Gasteiger partial charge is 0.281 e. The Hall–Kier alpha value is -5.31. The summed E-state index contributed by atoms with van der Waals surface area (Å²) in [6.45, 7) is 1.76. The highest BCUT2D eigenvalue weighted by molar-refractivity contribution is 6.36. The third kappa shape index (κ3) is 4.61. The Labute approximate surface area is 262 Å². The molecule has 0 aliphatic carbocycles. The summed E-state index contributed by atoms with van der Waals surface area (Å²) in [6.07, 6.45) is 1.68. The van der Waals surface area contributed by atoms with Crippen molar-refractivity contribution >= 4 is 46.3 Å². The van der Waals surface area contributed by atoms with Crippen LogP contribution < -0.4 is 9.75 Å². The molecule has 0 spiro atoms. The largest absolute Gasteiger partial charge is 0.507 e. The molecule has 5 aromatic rings. The van der Waals surface area contributed by atoms with Gasteiger partial charge in [-0.05, 0) is 91.4 Å². The van der Waals surface area contributed by atoms with Gasteiger partial charge in [-0.3, -0.25) is 4.79 Å². The number of aromatic hydroxyl groups is 2. The fourth-order valence-corrected chi connectivity index (χ4v) is 5.51. The molecule has 44 heavy (non-hydrogen) atoms. The number of ether oxygens (including phenoxy) is 1. The minimum atomic E-state index is -0.405. The number of aromatic nitrogens is 2. The van der Waals surface area contributed by atoms with Gasteiger partial charge >= 0.3 is 0 Å². The summed E-state index contributed by atoms with van der Waals surface area (Å²) in [5.74, 6) is 0.256. The number of para-hydroxylation sites is 2. The van der Waals surface area contributed by atoms with E-state index in [1.807, 2.05) is 24.3 Å². The Morgan fingerprint density at radius 1 is 0.818 bits per heavy atom. The van der Waals surface area contributed by atoms with E-state index >= 15 is 0 Å². The molecular formula is C34H22Cl2N4O4. The summed E-state index contributed by atoms with van der Waals surface area (Å²) in [7, 11) is 0. The topological polar surface area (TPSA) is 100 Å². The number of rotatable bonds is 4. The van der Waals surface area contributed by atoms with E-state index in [1.54, 1.807) is 79.7 Å². The maximum Gasteiger partial charge on any atom is 0.281 e. The lowest BCUT2D eigenvalue weighted by Crippen LogP contribution is -2.22. The summed E-state index contributed by atoms with van der Waals surface area (Å²) in [6, 6.07) is 27.7. The number of amides is 1. The third-order valence-corrected chi connectivity index (χ3v) is 7.86. The second kappa shape index (κ2) is 10.8. The van der Waals surface area contributed by atoms with Crippen LogP contribution in [0.2, 0.25) is 10.0 Å². The van der Waals surface area contributed by atoms with Crippen molar-refractivity contribution in [1.29, 1.82) is 0 Å². The van der Waals surface area contributed by atoms with E-state index < -0.39 is 5.91 Å². The average Bonchev–Trinajstić information content (AvgIpc) is 3.55. The highest BCUT2D eigenvalue weighted by Gasteiger charge is 2.36. The van der Waals surface area contributed by atoms with Crippen LogP contribution in [0.5, 0.6) is 17.4 Å². The van der Waals surface area contributed by atoms with Crippen LogP contribution in [0.4, 0.5) is 5.69 Å². The van der Waals surface area contributed by atoms with Gasteiger partial charge in [-0.15, -0.1) is 0 Å². The van der Waals surface area contributed by atoms with Crippen molar-refractivity contribution in [3.63, 3.8) is 0 Å². The number of anilines is 1. The van der Waals surface area contributed by atoms with Crippen LogP contribution in [-0.2, 0) is 4.79 Å². The molecule has 0 unspecified atom stereocenters. The number of allylic oxidation sites excluding steroid dienone is 2. The quantitative estimate of drug-likeness (QED) is 0.200. The molecule has 1 aromatic heterocycles. The predicted octanol–water partition coefficient (Wildman–Crippen LogP) is 7.76. The van der Waals surface area contributed by atoms with Crippen molar-refractivity contribution < 1.29 is 19.7 Å². The number of nitrogens with zero attached hydrogens (tertiary/aromatic N) is 4. The lowest BCUT2D eigenvalue weighted by Gasteiger charge is -2.19. The first-order valence-corrected chi connectivity index (χ1v) is 14.3. The van der Waals surface area contributed by atoms with Crippen LogP contribution >= 0.6 is 23.2 Å². The third-order valence-electron chi connectivity index (χ3n) is 7.36. The Morgan fingerprint density at radius 2 is 1.43 bits per heavy atom. The van der Waals surface area contributed by atoms with Gasteiger partial charge in [-0.2, -0.15) is 19.9 Å². The van der Waals surface area contributed by atoms with Crippen LogP contribution in [0.25, 0.3) is 22.7 Å². The van der Waals surface area contributed by atoms with Gasteiger partial charge in [0.2, 0.25) is 5.88 Å². The summed E-state index contributed by atoms with van der Waals surface area (Å²) >= 11 is 12.2. The SMILES string of the molecule is CC(C=C1Oc2ccccc2-c2nn(-c3ccc(Cl)cc3)c(O)c21)=C1C(=O)N(c2ccc(Cl)cc2)N=C1c1ccccc1O. The fraction of sp³-hybridized carbons (Fsp3) is 0.0294. The van der Waals surface area contributed by atoms with E-state index in [-0.39, 0.29) is 28.7 Å². The molecule has 2 aliphatic rings. The van der Waals surface area contributed by atoms with Crippen molar-refractivity contribution in [2.45, 2.75) is 6.92 Å². The maximum absolute atomic E-state index is 14.0. The first-order valence-electron chi connectivity index (χ1n) is 13.6. The zero-order chi connectivity index (χ0) is 30.5. The van der Waals surface area contributed by atoms with Crippen LogP contribution in [0.3, 0.4) is 0 Å². The number of phenolic OH excluding ortho intramolecular Hbond substituents is 1. The highest BCUT2D eigenvalue weighted by atomic mass is 35.5. The van der Waals surface area contributed by atoms with Gasteiger partial charge < -0.3 is 14.9 Å². The van der Waals surface area contributed by atoms with E-state index in [0.717, 1.165) is 0 Å². The van der Waals surface area contributed by atoms with Crippen LogP contribution in [-0.4, -0.2) is 31.6 Å². The average molecular weight is 621 g/mol. The second-order valence-corrected chi connectivity index (χ2v) is 11.0. The van der Waals surface area contributed by atoms with Crippen LogP contribution in [0.1, 0.15) is 18.1 Å². The van der Waals surface area contributed by atoms with E-state index in [4.69, 9.17) is 33.0 Å². The lowest BCUT2D eigenvalue weighted by atomic mass is 9.95. The van der Waals surface area contributed by atoms with Gasteiger partial charge in [-0.25, -0.2) is 0 Å². The van der Waals surface area contributed by atoms with Gasteiger partial charge in [0.25, 0.3) is 5.91 Å². The Kier molecular flexibility index (Phi) is 6.73. The number of carbonyl (C=O) groups excluding carboxylic acids is 1. The van der Waals surface area contributed by atoms with Gasteiger partial charge in [0.15, 0.2) is 0 Å². The molecule has 2 N–H and O–H groups in total. The number of hydrogen-bond acceptors (Lipinski definition) is 6. The number of hydrogen-bond donors (Lipinski definition) is 2. The van der Waals surface area contributed by atoms with Gasteiger partial charge in [0.05, 0.1) is 16.9 Å². The second-order valence-electron chi connectivity index (χ2n) is 10.2. The molecule has 10 heteroatoms. The molecule has 8 nitrogen and oxygen atoms in total. The summed E-state index contributed by atoms with van der Waals surface area (Å²) < 4.78 is 7.74. The van der Waals surface area contributed by atoms with Gasteiger partial charge in [0, 0.05) is 21.2 Å². The maximum atomic E-state index is 14.0. The number of benzene rings is 4. The Bertz CT molecular complexity index is 2060. The normalized spacial score (nSPS) is 16.0. The summed E-state index contributed by atoms with van der Waals surface area (Å²) in [5.41, 5.74) is 4.11. The molecule has 216 valence electrons. The Morgan fingerprint density at radius 3 is 2.11 bits per heavy atom. The standard InChI is InChI=1S/C34H22Cl2N4O4/c1-19(29-31(24-6-2-4-8-26(24)41)37-39(33(29)42)22-14-10-20(35)11-15-22)18-28-30-32(25-7-3-5-9-27(25)44-28)38-40(34(30)43)23-16-12-21(36)13-17-23/h2-18,41,43H,1H3. The van der Waals surface area contributed by atoms with Gasteiger partial charge in [0.1, 0.15) is 34.2 Å². The molecule has 0 saturated heterocycles. The number of phenols is 1. The van der Waals surface area contributed by atoms with Crippen molar-refractivity contribution in [1.82, 2.24) is 9.78 Å². The molecular weight excluding hydrogens is 599 g/mol. The summed E-state index contributed by atoms with van der Waals surface area (Å²) in [5, 5.41) is 33.9. The molecule has 0 radical (unpaired) electrons. The van der Waals surface area contributed by atoms with Crippen molar-refractivity contribution in [3.05, 3.63) is 135 Å². The van der Waals surface area contributed by atoms with Crippen molar-refractivity contribution in [2.24, 2.45) is 5.10 Å². The first-order chi connectivity index (χ1) is 21.3. The molecule has 4 aromatic carbocycles. The molecule has 7 rings (SSSR count). The number of fused-ring (bicyclic) bond motifs is 3. The number of carbonyl (C=O) groups is 1. The summed E-state index contributed by atoms with van der Waals surface area (Å²) in [4.78, 5) is 14.0. The van der Waals surface area contributed by atoms with Gasteiger partial charge in [-0.1, -0.05) is 47.5 Å². The molecule has 0 saturated carbocycles. The monoisotopic (exact) mass is 620 g/mol.